The molecule has 3 heteroatoms. The molecule has 1 aliphatic heterocycles. The summed E-state index contributed by atoms with van der Waals surface area (Å²) in [5.74, 6) is 0. The molecule has 2 rings (SSSR count). The molecule has 0 unspecified atom stereocenters. The standard InChI is InChI=1S/C10H12N3/c1-2-3-4-8-5-6-9-10(7-8)12-13-11-9/h5-7H,2-4H2,1H3. The molecule has 0 amide bonds. The van der Waals surface area contributed by atoms with Crippen molar-refractivity contribution in [2.45, 2.75) is 26.2 Å². The van der Waals surface area contributed by atoms with Gasteiger partial charge in [-0.15, -0.1) is 10.5 Å². The third kappa shape index (κ3) is 1.69. The molecular weight excluding hydrogens is 162 g/mol. The smallest absolute Gasteiger partial charge is 0.115 e. The summed E-state index contributed by atoms with van der Waals surface area (Å²) >= 11 is 0. The first kappa shape index (κ1) is 8.23. The molecule has 0 bridgehead atoms. The minimum Gasteiger partial charge on any atom is -0.128 e. The monoisotopic (exact) mass is 174 g/mol. The van der Waals surface area contributed by atoms with Crippen LogP contribution < -0.4 is 5.43 Å². The summed E-state index contributed by atoms with van der Waals surface area (Å²) in [5.41, 5.74) is 7.01. The number of fused-ring (bicyclic) bond motifs is 1. The number of unbranched alkanes of at least 4 members (excludes halogenated alkanes) is 1. The lowest BCUT2D eigenvalue weighted by Gasteiger charge is -2.00. The Morgan fingerprint density at radius 2 is 2.15 bits per heavy atom. The summed E-state index contributed by atoms with van der Waals surface area (Å²) in [5, 5.41) is 7.55. The summed E-state index contributed by atoms with van der Waals surface area (Å²) in [7, 11) is 0. The third-order valence-corrected chi connectivity index (χ3v) is 2.16. The van der Waals surface area contributed by atoms with Crippen LogP contribution in [0.5, 0.6) is 0 Å². The molecule has 0 saturated carbocycles. The van der Waals surface area contributed by atoms with Crippen LogP contribution in [0.3, 0.4) is 0 Å². The molecule has 67 valence electrons. The lowest BCUT2D eigenvalue weighted by atomic mass is 10.1. The largest absolute Gasteiger partial charge is 0.128 e. The molecular formula is C10H12N3. The molecule has 1 aromatic carbocycles. The Kier molecular flexibility index (Phi) is 2.25. The lowest BCUT2D eigenvalue weighted by molar-refractivity contribution is 0.795. The topological polar surface area (TPSA) is 38.8 Å². The predicted molar refractivity (Wildman–Crippen MR) is 51.4 cm³/mol. The van der Waals surface area contributed by atoms with Gasteiger partial charge in [0.05, 0.1) is 0 Å². The average Bonchev–Trinajstić information content (AvgIpc) is 2.61. The van der Waals surface area contributed by atoms with Crippen molar-refractivity contribution in [1.29, 1.82) is 0 Å². The van der Waals surface area contributed by atoms with Crippen molar-refractivity contribution in [1.82, 2.24) is 5.43 Å². The fourth-order valence-electron chi connectivity index (χ4n) is 1.39. The van der Waals surface area contributed by atoms with Crippen molar-refractivity contribution in [2.24, 2.45) is 10.3 Å². The number of rotatable bonds is 3. The van der Waals surface area contributed by atoms with Crippen LogP contribution in [-0.2, 0) is 6.42 Å². The highest BCUT2D eigenvalue weighted by molar-refractivity contribution is 5.63. The second-order valence-electron chi connectivity index (χ2n) is 3.22. The van der Waals surface area contributed by atoms with E-state index in [9.17, 15) is 0 Å². The van der Waals surface area contributed by atoms with Gasteiger partial charge in [0.25, 0.3) is 0 Å². The molecule has 13 heavy (non-hydrogen) atoms. The average molecular weight is 174 g/mol. The van der Waals surface area contributed by atoms with Gasteiger partial charge in [-0.05, 0) is 35.8 Å². The number of aryl methyl sites for hydroxylation is 1. The zero-order valence-electron chi connectivity index (χ0n) is 7.70. The fraction of sp³-hybridized carbons (Fsp3) is 0.400. The van der Waals surface area contributed by atoms with Crippen molar-refractivity contribution in [2.75, 3.05) is 0 Å². The molecule has 1 aromatic rings. The van der Waals surface area contributed by atoms with Gasteiger partial charge < -0.3 is 0 Å². The van der Waals surface area contributed by atoms with Gasteiger partial charge in [-0.2, -0.15) is 0 Å². The van der Waals surface area contributed by atoms with E-state index >= 15 is 0 Å². The van der Waals surface area contributed by atoms with Gasteiger partial charge >= 0.3 is 0 Å². The molecule has 1 heterocycles. The Morgan fingerprint density at radius 3 is 3.00 bits per heavy atom. The van der Waals surface area contributed by atoms with Gasteiger partial charge in [-0.25, -0.2) is 0 Å². The molecule has 0 N–H and O–H groups in total. The first-order chi connectivity index (χ1) is 6.40. The molecule has 1 aliphatic rings. The van der Waals surface area contributed by atoms with E-state index in [0.717, 1.165) is 17.8 Å². The van der Waals surface area contributed by atoms with Crippen LogP contribution >= 0.6 is 0 Å². The molecule has 0 aliphatic carbocycles. The third-order valence-electron chi connectivity index (χ3n) is 2.16. The molecule has 0 fully saturated rings. The van der Waals surface area contributed by atoms with Gasteiger partial charge in [-0.3, -0.25) is 0 Å². The highest BCUT2D eigenvalue weighted by Crippen LogP contribution is 2.31. The van der Waals surface area contributed by atoms with Crippen LogP contribution in [0.4, 0.5) is 11.4 Å². The van der Waals surface area contributed by atoms with Gasteiger partial charge in [0.2, 0.25) is 0 Å². The summed E-state index contributed by atoms with van der Waals surface area (Å²) in [6.07, 6.45) is 3.58. The number of hydrogen-bond donors (Lipinski definition) is 0. The van der Waals surface area contributed by atoms with E-state index < -0.39 is 0 Å². The number of benzene rings is 1. The van der Waals surface area contributed by atoms with E-state index in [2.05, 4.69) is 34.8 Å². The second-order valence-corrected chi connectivity index (χ2v) is 3.22. The van der Waals surface area contributed by atoms with E-state index in [1.54, 1.807) is 0 Å². The number of nitrogens with zero attached hydrogens (tertiary/aromatic N) is 3. The Balaban J connectivity index is 2.15. The maximum absolute atomic E-state index is 3.93. The zero-order chi connectivity index (χ0) is 9.10. The Labute approximate surface area is 77.9 Å². The minimum atomic E-state index is 0.889. The van der Waals surface area contributed by atoms with E-state index in [1.807, 2.05) is 6.07 Å². The van der Waals surface area contributed by atoms with Crippen molar-refractivity contribution in [3.05, 3.63) is 23.8 Å². The van der Waals surface area contributed by atoms with Crippen molar-refractivity contribution in [3.8, 4) is 0 Å². The Bertz CT molecular complexity index is 331. The quantitative estimate of drug-likeness (QED) is 0.674. The predicted octanol–water partition coefficient (Wildman–Crippen LogP) is 3.28. The van der Waals surface area contributed by atoms with Crippen molar-refractivity contribution in [3.63, 3.8) is 0 Å². The summed E-state index contributed by atoms with van der Waals surface area (Å²) < 4.78 is 0. The fourth-order valence-corrected chi connectivity index (χ4v) is 1.39. The van der Waals surface area contributed by atoms with Crippen LogP contribution in [0.25, 0.3) is 0 Å². The maximum atomic E-state index is 3.93. The SMILES string of the molecule is CCCCc1ccc2c(c1)N=N[N]2. The van der Waals surface area contributed by atoms with E-state index in [-0.39, 0.29) is 0 Å². The van der Waals surface area contributed by atoms with Crippen LogP contribution in [0.1, 0.15) is 25.3 Å². The first-order valence-electron chi connectivity index (χ1n) is 4.65. The van der Waals surface area contributed by atoms with Gasteiger partial charge in [0.15, 0.2) is 0 Å². The van der Waals surface area contributed by atoms with E-state index in [0.29, 0.717) is 0 Å². The Morgan fingerprint density at radius 1 is 1.23 bits per heavy atom. The molecule has 0 aromatic heterocycles. The molecule has 3 nitrogen and oxygen atoms in total. The molecule has 0 spiro atoms. The minimum absolute atomic E-state index is 0.889. The van der Waals surface area contributed by atoms with Gasteiger partial charge in [-0.1, -0.05) is 19.4 Å². The first-order valence-corrected chi connectivity index (χ1v) is 4.65. The van der Waals surface area contributed by atoms with E-state index in [4.69, 9.17) is 0 Å². The van der Waals surface area contributed by atoms with Crippen LogP contribution in [-0.4, -0.2) is 0 Å². The summed E-state index contributed by atoms with van der Waals surface area (Å²) in [6.45, 7) is 2.20. The van der Waals surface area contributed by atoms with Crippen molar-refractivity contribution >= 4 is 11.4 Å². The molecule has 0 saturated heterocycles. The second kappa shape index (κ2) is 3.56. The van der Waals surface area contributed by atoms with Crippen molar-refractivity contribution < 1.29 is 0 Å². The van der Waals surface area contributed by atoms with E-state index in [1.165, 1.54) is 18.4 Å². The molecule has 1 radical (unpaired) electrons. The highest BCUT2D eigenvalue weighted by Gasteiger charge is 2.08. The summed E-state index contributed by atoms with van der Waals surface area (Å²) in [4.78, 5) is 0. The maximum Gasteiger partial charge on any atom is 0.115 e. The van der Waals surface area contributed by atoms with Crippen LogP contribution in [0, 0.1) is 0 Å². The van der Waals surface area contributed by atoms with Gasteiger partial charge in [0, 0.05) is 0 Å². The Hall–Kier alpha value is -1.38. The summed E-state index contributed by atoms with van der Waals surface area (Å²) in [6, 6.07) is 6.17. The normalized spacial score (nSPS) is 12.7. The number of hydrogen-bond acceptors (Lipinski definition) is 2. The molecule has 0 atom stereocenters. The zero-order valence-corrected chi connectivity index (χ0v) is 7.70. The highest BCUT2D eigenvalue weighted by atomic mass is 15.5. The van der Waals surface area contributed by atoms with Crippen LogP contribution in [0.15, 0.2) is 28.5 Å². The van der Waals surface area contributed by atoms with Crippen LogP contribution in [0.2, 0.25) is 0 Å². The lowest BCUT2D eigenvalue weighted by Crippen LogP contribution is -1.85. The van der Waals surface area contributed by atoms with Gasteiger partial charge in [0.1, 0.15) is 11.4 Å².